The van der Waals surface area contributed by atoms with Gasteiger partial charge in [0.15, 0.2) is 0 Å². The van der Waals surface area contributed by atoms with Gasteiger partial charge in [0, 0.05) is 0 Å². The van der Waals surface area contributed by atoms with Gasteiger partial charge in [-0.15, -0.1) is 78.5 Å². The zero-order chi connectivity index (χ0) is 23.3. The molecule has 0 unspecified atom stereocenters. The first-order chi connectivity index (χ1) is 16.8. The van der Waals surface area contributed by atoms with Gasteiger partial charge in [-0.25, -0.2) is 0 Å². The molecule has 0 N–H and O–H groups in total. The van der Waals surface area contributed by atoms with Crippen molar-refractivity contribution in [3.05, 3.63) is 123 Å². The Morgan fingerprint density at radius 1 is 0.432 bits per heavy atom. The molecule has 6 aromatic carbocycles. The topological polar surface area (TPSA) is 0 Å². The minimum Gasteiger partial charge on any atom is -0.358 e. The first-order valence-corrected chi connectivity index (χ1v) is 12.9. The van der Waals surface area contributed by atoms with E-state index >= 15 is 0 Å². The van der Waals surface area contributed by atoms with Gasteiger partial charge in [-0.1, -0.05) is 125 Å². The Hall–Kier alpha value is -2.51. The van der Waals surface area contributed by atoms with Crippen LogP contribution in [-0.4, -0.2) is 0 Å². The smallest absolute Gasteiger partial charge is 0.358 e. The maximum Gasteiger partial charge on any atom is 4.00 e. The third kappa shape index (κ3) is 6.15. The van der Waals surface area contributed by atoms with E-state index in [-0.39, 0.29) is 40.7 Å². The molecule has 0 atom stereocenters. The summed E-state index contributed by atoms with van der Waals surface area (Å²) in [5.41, 5.74) is 3.08. The molecular formula is C36H40Hf. The van der Waals surface area contributed by atoms with E-state index in [0.29, 0.717) is 0 Å². The summed E-state index contributed by atoms with van der Waals surface area (Å²) in [6.07, 6.45) is 7.47. The fraction of sp³-hybridized carbons (Fsp3) is 0.222. The Kier molecular flexibility index (Phi) is 12.0. The summed E-state index contributed by atoms with van der Waals surface area (Å²) in [5, 5.41) is 11.4. The molecule has 0 spiro atoms. The van der Waals surface area contributed by atoms with Gasteiger partial charge in [0.1, 0.15) is 0 Å². The van der Waals surface area contributed by atoms with Crippen LogP contribution in [0, 0.1) is 14.9 Å². The number of fused-ring (bicyclic) bond motifs is 6. The second kappa shape index (κ2) is 14.4. The maximum atomic E-state index is 2.26. The molecular weight excluding hydrogens is 611 g/mol. The van der Waals surface area contributed by atoms with Gasteiger partial charge in [-0.3, -0.25) is 0 Å². The zero-order valence-electron chi connectivity index (χ0n) is 23.0. The Balaban J connectivity index is 0.000000241. The molecule has 0 amide bonds. The molecule has 188 valence electrons. The summed E-state index contributed by atoms with van der Waals surface area (Å²) in [4.78, 5) is 0. The normalized spacial score (nSPS) is 10.4. The molecule has 1 heteroatoms. The molecule has 0 saturated heterocycles. The standard InChI is InChI=1S/2C17H17.2CH3.Hf/c2*1-2-3-8-13-14-9-4-6-11-16(14)17-12-7-5-10-15(13)17;;;/h2*4-7,9-12H,2-3,8H2,1H3;2*1H3;/q4*-1;+4. The van der Waals surface area contributed by atoms with Crippen LogP contribution < -0.4 is 0 Å². The molecule has 0 aliphatic heterocycles. The van der Waals surface area contributed by atoms with E-state index < -0.39 is 0 Å². The number of hydrogen-bond acceptors (Lipinski definition) is 0. The van der Waals surface area contributed by atoms with Crippen molar-refractivity contribution in [3.63, 3.8) is 0 Å². The van der Waals surface area contributed by atoms with Crippen molar-refractivity contribution in [1.82, 2.24) is 0 Å². The molecule has 0 aliphatic carbocycles. The summed E-state index contributed by atoms with van der Waals surface area (Å²) in [7, 11) is 0. The van der Waals surface area contributed by atoms with Crippen LogP contribution in [0.3, 0.4) is 0 Å². The van der Waals surface area contributed by atoms with Crippen LogP contribution in [0.15, 0.2) is 97.1 Å². The van der Waals surface area contributed by atoms with Crippen molar-refractivity contribution in [3.8, 4) is 0 Å². The van der Waals surface area contributed by atoms with Gasteiger partial charge in [0.05, 0.1) is 0 Å². The van der Waals surface area contributed by atoms with Crippen LogP contribution >= 0.6 is 0 Å². The monoisotopic (exact) mass is 652 g/mol. The van der Waals surface area contributed by atoms with Crippen molar-refractivity contribution in [1.29, 1.82) is 0 Å². The van der Waals surface area contributed by atoms with Crippen LogP contribution in [-0.2, 0) is 38.7 Å². The van der Waals surface area contributed by atoms with Gasteiger partial charge >= 0.3 is 25.8 Å². The van der Waals surface area contributed by atoms with Crippen LogP contribution in [0.5, 0.6) is 0 Å². The maximum absolute atomic E-state index is 2.26. The Morgan fingerprint density at radius 2 is 0.676 bits per heavy atom. The van der Waals surface area contributed by atoms with Crippen LogP contribution in [0.4, 0.5) is 0 Å². The predicted molar refractivity (Wildman–Crippen MR) is 164 cm³/mol. The van der Waals surface area contributed by atoms with E-state index in [4.69, 9.17) is 0 Å². The fourth-order valence-electron chi connectivity index (χ4n) is 5.46. The Labute approximate surface area is 243 Å². The SMILES string of the molecule is CCCC[c-]1c2ccccc2c2ccccc21.CCCC[c-]1c2ccccc2c2ccccc21.[CH3-].[CH3-].[Hf+4]. The summed E-state index contributed by atoms with van der Waals surface area (Å²) in [5.74, 6) is 0. The third-order valence-corrected chi connectivity index (χ3v) is 7.15. The number of unbranched alkanes of at least 4 members (excludes halogenated alkanes) is 2. The molecule has 37 heavy (non-hydrogen) atoms. The van der Waals surface area contributed by atoms with E-state index in [0.717, 1.165) is 0 Å². The minimum atomic E-state index is 0. The van der Waals surface area contributed by atoms with Gasteiger partial charge in [0.25, 0.3) is 0 Å². The van der Waals surface area contributed by atoms with Crippen molar-refractivity contribution in [2.45, 2.75) is 52.4 Å². The number of aryl methyl sites for hydroxylation is 2. The molecule has 0 nitrogen and oxygen atoms in total. The fourth-order valence-corrected chi connectivity index (χ4v) is 5.46. The third-order valence-electron chi connectivity index (χ3n) is 7.15. The molecule has 0 saturated carbocycles. The molecule has 6 aromatic rings. The second-order valence-corrected chi connectivity index (χ2v) is 9.35. The Morgan fingerprint density at radius 3 is 0.919 bits per heavy atom. The van der Waals surface area contributed by atoms with Crippen LogP contribution in [0.2, 0.25) is 0 Å². The summed E-state index contributed by atoms with van der Waals surface area (Å²) in [6.45, 7) is 4.51. The quantitative estimate of drug-likeness (QED) is 0.124. The van der Waals surface area contributed by atoms with E-state index in [2.05, 4.69) is 111 Å². The summed E-state index contributed by atoms with van der Waals surface area (Å²) in [6, 6.07) is 35.2. The van der Waals surface area contributed by atoms with Gasteiger partial charge in [-0.05, 0) is 0 Å². The molecule has 0 heterocycles. The summed E-state index contributed by atoms with van der Waals surface area (Å²) < 4.78 is 0. The second-order valence-electron chi connectivity index (χ2n) is 9.35. The Bertz CT molecular complexity index is 1300. The average Bonchev–Trinajstić information content (AvgIpc) is 3.39. The first-order valence-electron chi connectivity index (χ1n) is 12.9. The zero-order valence-corrected chi connectivity index (χ0v) is 26.6. The van der Waals surface area contributed by atoms with E-state index in [1.807, 2.05) is 0 Å². The molecule has 0 bridgehead atoms. The molecule has 0 radical (unpaired) electrons. The average molecular weight is 651 g/mol. The van der Waals surface area contributed by atoms with E-state index in [9.17, 15) is 0 Å². The summed E-state index contributed by atoms with van der Waals surface area (Å²) >= 11 is 0. The van der Waals surface area contributed by atoms with E-state index in [1.165, 1.54) is 92.7 Å². The van der Waals surface area contributed by atoms with Crippen molar-refractivity contribution in [2.24, 2.45) is 0 Å². The van der Waals surface area contributed by atoms with Crippen LogP contribution in [0.25, 0.3) is 43.1 Å². The van der Waals surface area contributed by atoms with Gasteiger partial charge in [0.2, 0.25) is 0 Å². The van der Waals surface area contributed by atoms with Gasteiger partial charge in [-0.2, -0.15) is 0 Å². The molecule has 0 fully saturated rings. The molecule has 6 rings (SSSR count). The predicted octanol–water partition coefficient (Wildman–Crippen LogP) is 11.0. The molecule has 0 aliphatic rings. The first kappa shape index (κ1) is 30.7. The van der Waals surface area contributed by atoms with Crippen molar-refractivity contribution in [2.75, 3.05) is 0 Å². The molecule has 0 aromatic heterocycles. The van der Waals surface area contributed by atoms with Gasteiger partial charge < -0.3 is 14.9 Å². The van der Waals surface area contributed by atoms with Crippen molar-refractivity contribution < 1.29 is 25.8 Å². The van der Waals surface area contributed by atoms with Crippen LogP contribution in [0.1, 0.15) is 50.7 Å². The van der Waals surface area contributed by atoms with E-state index in [1.54, 1.807) is 0 Å². The number of rotatable bonds is 6. The van der Waals surface area contributed by atoms with Crippen molar-refractivity contribution >= 4 is 43.1 Å². The number of benzene rings is 4. The minimum absolute atomic E-state index is 0. The largest absolute Gasteiger partial charge is 4.00 e. The number of hydrogen-bond donors (Lipinski definition) is 0.